The summed E-state index contributed by atoms with van der Waals surface area (Å²) in [7, 11) is 0. The summed E-state index contributed by atoms with van der Waals surface area (Å²) in [4.78, 5) is 15.4. The van der Waals surface area contributed by atoms with Crippen LogP contribution in [0.25, 0.3) is 0 Å². The van der Waals surface area contributed by atoms with Crippen LogP contribution < -0.4 is 4.74 Å². The number of aromatic nitrogens is 1. The second-order valence-corrected chi connectivity index (χ2v) is 4.36. The minimum atomic E-state index is -0.903. The zero-order valence-corrected chi connectivity index (χ0v) is 9.98. The Morgan fingerprint density at radius 1 is 1.53 bits per heavy atom. The maximum Gasteiger partial charge on any atom is 0.337 e. The van der Waals surface area contributed by atoms with Crippen molar-refractivity contribution in [2.75, 3.05) is 6.61 Å². The molecule has 0 aliphatic heterocycles. The lowest BCUT2D eigenvalue weighted by molar-refractivity contribution is 0.0695. The molecule has 1 aliphatic carbocycles. The number of hydrogen-bond acceptors (Lipinski definition) is 3. The number of rotatable bonds is 6. The molecule has 0 radical (unpaired) electrons. The van der Waals surface area contributed by atoms with Crippen LogP contribution in [0.15, 0.2) is 12.1 Å². The van der Waals surface area contributed by atoms with Gasteiger partial charge in [0.1, 0.15) is 0 Å². The lowest BCUT2D eigenvalue weighted by Gasteiger charge is -2.08. The van der Waals surface area contributed by atoms with Crippen LogP contribution in [0.2, 0.25) is 0 Å². The van der Waals surface area contributed by atoms with E-state index in [9.17, 15) is 4.79 Å². The lowest BCUT2D eigenvalue weighted by atomic mass is 10.1. The zero-order valence-electron chi connectivity index (χ0n) is 9.98. The van der Waals surface area contributed by atoms with Crippen LogP contribution in [0.4, 0.5) is 0 Å². The van der Waals surface area contributed by atoms with Gasteiger partial charge in [0.15, 0.2) is 0 Å². The Bertz CT molecular complexity index is 413. The van der Waals surface area contributed by atoms with Gasteiger partial charge in [0, 0.05) is 12.0 Å². The maximum absolute atomic E-state index is 11.0. The summed E-state index contributed by atoms with van der Waals surface area (Å²) in [5, 5.41) is 9.07. The molecule has 4 nitrogen and oxygen atoms in total. The first-order chi connectivity index (χ1) is 8.22. The number of pyridine rings is 1. The lowest BCUT2D eigenvalue weighted by Crippen LogP contribution is -2.06. The number of carboxylic acids is 1. The average molecular weight is 235 g/mol. The third kappa shape index (κ3) is 2.96. The summed E-state index contributed by atoms with van der Waals surface area (Å²) in [6.45, 7) is 2.74. The van der Waals surface area contributed by atoms with Crippen molar-refractivity contribution in [3.63, 3.8) is 0 Å². The Labute approximate surface area is 101 Å². The van der Waals surface area contributed by atoms with Gasteiger partial charge in [-0.3, -0.25) is 0 Å². The zero-order chi connectivity index (χ0) is 12.3. The van der Waals surface area contributed by atoms with Crippen LogP contribution >= 0.6 is 0 Å². The number of hydrogen-bond donors (Lipinski definition) is 1. The second-order valence-electron chi connectivity index (χ2n) is 4.36. The summed E-state index contributed by atoms with van der Waals surface area (Å²) >= 11 is 0. The van der Waals surface area contributed by atoms with Crippen LogP contribution in [0, 0.1) is 0 Å². The van der Waals surface area contributed by atoms with E-state index in [2.05, 4.69) is 11.9 Å². The normalized spacial score (nSPS) is 14.6. The van der Waals surface area contributed by atoms with Crippen LogP contribution in [-0.4, -0.2) is 22.7 Å². The van der Waals surface area contributed by atoms with Crippen molar-refractivity contribution >= 4 is 5.97 Å². The Kier molecular flexibility index (Phi) is 3.61. The van der Waals surface area contributed by atoms with Crippen molar-refractivity contribution in [3.05, 3.63) is 23.4 Å². The topological polar surface area (TPSA) is 59.4 Å². The fraction of sp³-hybridized carbons (Fsp3) is 0.538. The highest BCUT2D eigenvalue weighted by molar-refractivity contribution is 5.89. The molecule has 17 heavy (non-hydrogen) atoms. The molecule has 1 fully saturated rings. The number of unbranched alkanes of at least 4 members (excludes halogenated alkanes) is 1. The van der Waals surface area contributed by atoms with Crippen molar-refractivity contribution in [2.45, 2.75) is 38.5 Å². The van der Waals surface area contributed by atoms with Crippen LogP contribution in [0.1, 0.15) is 54.6 Å². The Balaban J connectivity index is 2.14. The van der Waals surface area contributed by atoms with E-state index in [1.807, 2.05) is 0 Å². The molecule has 1 aromatic rings. The average Bonchev–Trinajstić information content (AvgIpc) is 3.13. The van der Waals surface area contributed by atoms with E-state index in [0.29, 0.717) is 29.7 Å². The number of carboxylic acid groups (broad SMARTS) is 1. The fourth-order valence-electron chi connectivity index (χ4n) is 1.71. The molecule has 1 aliphatic rings. The predicted molar refractivity (Wildman–Crippen MR) is 63.6 cm³/mol. The number of ether oxygens (including phenoxy) is 1. The quantitative estimate of drug-likeness (QED) is 0.770. The van der Waals surface area contributed by atoms with Gasteiger partial charge >= 0.3 is 5.97 Å². The van der Waals surface area contributed by atoms with E-state index in [1.165, 1.54) is 0 Å². The molecule has 1 aromatic heterocycles. The van der Waals surface area contributed by atoms with Crippen molar-refractivity contribution in [2.24, 2.45) is 0 Å². The van der Waals surface area contributed by atoms with Gasteiger partial charge in [-0.25, -0.2) is 9.78 Å². The smallest absolute Gasteiger partial charge is 0.337 e. The van der Waals surface area contributed by atoms with Crippen LogP contribution in [-0.2, 0) is 0 Å². The summed E-state index contributed by atoms with van der Waals surface area (Å²) in [5.41, 5.74) is 1.00. The number of carbonyl (C=O) groups is 1. The molecule has 0 amide bonds. The van der Waals surface area contributed by atoms with Gasteiger partial charge in [-0.2, -0.15) is 0 Å². The first kappa shape index (κ1) is 11.9. The van der Waals surface area contributed by atoms with Gasteiger partial charge in [-0.05, 0) is 25.3 Å². The van der Waals surface area contributed by atoms with E-state index in [4.69, 9.17) is 9.84 Å². The van der Waals surface area contributed by atoms with E-state index in [1.54, 1.807) is 12.1 Å². The highest BCUT2D eigenvalue weighted by Gasteiger charge is 2.30. The van der Waals surface area contributed by atoms with Gasteiger partial charge in [0.2, 0.25) is 5.88 Å². The molecule has 0 bridgehead atoms. The van der Waals surface area contributed by atoms with Crippen molar-refractivity contribution in [1.29, 1.82) is 0 Å². The SMILES string of the molecule is CCCCOc1ccc(C(=O)O)c(C2CC2)n1. The van der Waals surface area contributed by atoms with Gasteiger partial charge in [0.05, 0.1) is 17.9 Å². The fourth-order valence-corrected chi connectivity index (χ4v) is 1.71. The van der Waals surface area contributed by atoms with Crippen LogP contribution in [0.5, 0.6) is 5.88 Å². The van der Waals surface area contributed by atoms with E-state index < -0.39 is 5.97 Å². The van der Waals surface area contributed by atoms with E-state index in [-0.39, 0.29) is 0 Å². The second kappa shape index (κ2) is 5.17. The number of nitrogens with zero attached hydrogens (tertiary/aromatic N) is 1. The molecule has 0 atom stereocenters. The molecular formula is C13H17NO3. The predicted octanol–water partition coefficient (Wildman–Crippen LogP) is 2.84. The maximum atomic E-state index is 11.0. The summed E-state index contributed by atoms with van der Waals surface area (Å²) < 4.78 is 5.50. The molecule has 92 valence electrons. The molecule has 4 heteroatoms. The van der Waals surface area contributed by atoms with E-state index >= 15 is 0 Å². The minimum absolute atomic E-state index is 0.315. The first-order valence-corrected chi connectivity index (χ1v) is 6.09. The summed E-state index contributed by atoms with van der Waals surface area (Å²) in [5.74, 6) is -0.0410. The van der Waals surface area contributed by atoms with Gasteiger partial charge < -0.3 is 9.84 Å². The molecule has 0 unspecified atom stereocenters. The third-order valence-corrected chi connectivity index (χ3v) is 2.84. The molecule has 0 aromatic carbocycles. The molecule has 1 saturated carbocycles. The first-order valence-electron chi connectivity index (χ1n) is 6.09. The molecule has 1 N–H and O–H groups in total. The molecular weight excluding hydrogens is 218 g/mol. The van der Waals surface area contributed by atoms with E-state index in [0.717, 1.165) is 25.7 Å². The Hall–Kier alpha value is -1.58. The van der Waals surface area contributed by atoms with Gasteiger partial charge in [-0.15, -0.1) is 0 Å². The highest BCUT2D eigenvalue weighted by atomic mass is 16.5. The largest absolute Gasteiger partial charge is 0.478 e. The Morgan fingerprint density at radius 3 is 2.88 bits per heavy atom. The summed E-state index contributed by atoms with van der Waals surface area (Å²) in [6.07, 6.45) is 4.13. The monoisotopic (exact) mass is 235 g/mol. The Morgan fingerprint density at radius 2 is 2.29 bits per heavy atom. The van der Waals surface area contributed by atoms with Crippen molar-refractivity contribution in [3.8, 4) is 5.88 Å². The van der Waals surface area contributed by atoms with Gasteiger partial charge in [0.25, 0.3) is 0 Å². The third-order valence-electron chi connectivity index (χ3n) is 2.84. The molecule has 2 rings (SSSR count). The summed E-state index contributed by atoms with van der Waals surface area (Å²) in [6, 6.07) is 3.25. The molecule has 0 saturated heterocycles. The molecule has 1 heterocycles. The standard InChI is InChI=1S/C13H17NO3/c1-2-3-8-17-11-7-6-10(13(15)16)12(14-11)9-4-5-9/h6-7,9H,2-5,8H2,1H3,(H,15,16). The molecule has 0 spiro atoms. The van der Waals surface area contributed by atoms with Crippen molar-refractivity contribution < 1.29 is 14.6 Å². The van der Waals surface area contributed by atoms with Crippen molar-refractivity contribution in [1.82, 2.24) is 4.98 Å². The van der Waals surface area contributed by atoms with Crippen LogP contribution in [0.3, 0.4) is 0 Å². The number of aromatic carboxylic acids is 1. The highest BCUT2D eigenvalue weighted by Crippen LogP contribution is 2.41. The minimum Gasteiger partial charge on any atom is -0.478 e. The van der Waals surface area contributed by atoms with Gasteiger partial charge in [-0.1, -0.05) is 13.3 Å².